The number of oxime groups is 1. The van der Waals surface area contributed by atoms with Crippen LogP contribution in [0.15, 0.2) is 46.2 Å². The van der Waals surface area contributed by atoms with Crippen LogP contribution in [0.25, 0.3) is 0 Å². The van der Waals surface area contributed by atoms with E-state index in [-0.39, 0.29) is 38.6 Å². The number of benzene rings is 1. The van der Waals surface area contributed by atoms with Crippen LogP contribution >= 0.6 is 27.5 Å². The molecule has 0 saturated heterocycles. The Morgan fingerprint density at radius 2 is 1.97 bits per heavy atom. The van der Waals surface area contributed by atoms with Gasteiger partial charge in [-0.15, -0.1) is 0 Å². The number of alkyl halides is 3. The van der Waals surface area contributed by atoms with Crippen molar-refractivity contribution >= 4 is 54.9 Å². The van der Waals surface area contributed by atoms with E-state index in [9.17, 15) is 31.2 Å². The molecule has 1 aromatic heterocycles. The zero-order valence-corrected chi connectivity index (χ0v) is 21.7. The van der Waals surface area contributed by atoms with Crippen molar-refractivity contribution in [3.63, 3.8) is 0 Å². The third-order valence-electron chi connectivity index (χ3n) is 5.17. The van der Waals surface area contributed by atoms with E-state index in [4.69, 9.17) is 22.2 Å². The Bertz CT molecular complexity index is 1320. The summed E-state index contributed by atoms with van der Waals surface area (Å²) in [4.78, 5) is 33.6. The number of halogens is 5. The molecule has 9 nitrogen and oxygen atoms in total. The Balaban J connectivity index is 1.82. The average Bonchev–Trinajstić information content (AvgIpc) is 3.21. The van der Waals surface area contributed by atoms with Crippen LogP contribution in [0.5, 0.6) is 0 Å². The van der Waals surface area contributed by atoms with E-state index in [1.54, 1.807) is 0 Å². The van der Waals surface area contributed by atoms with Crippen molar-refractivity contribution in [1.29, 1.82) is 0 Å². The molecule has 0 bridgehead atoms. The lowest BCUT2D eigenvalue weighted by molar-refractivity contribution is -0.275. The Morgan fingerprint density at radius 3 is 2.50 bits per heavy atom. The second-order valence-corrected chi connectivity index (χ2v) is 11.5. The number of amides is 2. The van der Waals surface area contributed by atoms with Crippen LogP contribution in [0.2, 0.25) is 5.02 Å². The maximum absolute atomic E-state index is 14.1. The Hall–Kier alpha value is -2.71. The molecule has 2 N–H and O–H groups in total. The van der Waals surface area contributed by atoms with Gasteiger partial charge in [-0.25, -0.2) is 8.42 Å². The van der Waals surface area contributed by atoms with E-state index in [2.05, 4.69) is 26.1 Å². The van der Waals surface area contributed by atoms with Gasteiger partial charge < -0.3 is 15.5 Å². The summed E-state index contributed by atoms with van der Waals surface area (Å²) < 4.78 is 65.6. The highest BCUT2D eigenvalue weighted by Gasteiger charge is 2.62. The second-order valence-electron chi connectivity index (χ2n) is 8.08. The largest absolute Gasteiger partial charge is 0.435 e. The molecule has 194 valence electrons. The van der Waals surface area contributed by atoms with Gasteiger partial charge in [0.05, 0.1) is 35.9 Å². The number of carbonyl (C=O) groups is 2. The number of pyridine rings is 1. The quantitative estimate of drug-likeness (QED) is 0.488. The SMILES string of the molecule is CS(=O)(=O)CC(=O)N(CC(N)=O)Cc1ccc(C2=NOC(c3ccc(Cl)c(Br)c3)(C(F)(F)F)C2)cn1. The van der Waals surface area contributed by atoms with Gasteiger partial charge in [-0.05, 0) is 40.2 Å². The first-order valence-corrected chi connectivity index (χ1v) is 13.3. The predicted molar refractivity (Wildman–Crippen MR) is 128 cm³/mol. The number of hydrogen-bond donors (Lipinski definition) is 1. The minimum atomic E-state index is -4.81. The van der Waals surface area contributed by atoms with Crippen LogP contribution in [-0.4, -0.2) is 60.6 Å². The fraction of sp³-hybridized carbons (Fsp3) is 0.333. The maximum atomic E-state index is 14.1. The number of nitrogens with two attached hydrogens (primary N) is 1. The normalized spacial score (nSPS) is 17.9. The van der Waals surface area contributed by atoms with E-state index < -0.39 is 52.1 Å². The fourth-order valence-corrected chi connectivity index (χ4v) is 4.55. The molecule has 0 fully saturated rings. The van der Waals surface area contributed by atoms with Gasteiger partial charge in [0.2, 0.25) is 11.8 Å². The number of aromatic nitrogens is 1. The number of sulfone groups is 1. The van der Waals surface area contributed by atoms with Crippen LogP contribution < -0.4 is 5.73 Å². The molecule has 1 aromatic carbocycles. The molecule has 0 aliphatic carbocycles. The van der Waals surface area contributed by atoms with Crippen molar-refractivity contribution in [3.05, 3.63) is 62.8 Å². The molecule has 3 rings (SSSR count). The summed E-state index contributed by atoms with van der Waals surface area (Å²) in [7, 11) is -3.66. The topological polar surface area (TPSA) is 132 Å². The van der Waals surface area contributed by atoms with Gasteiger partial charge in [0.15, 0.2) is 9.84 Å². The summed E-state index contributed by atoms with van der Waals surface area (Å²) >= 11 is 9.04. The zero-order chi connectivity index (χ0) is 26.9. The van der Waals surface area contributed by atoms with E-state index in [1.165, 1.54) is 36.5 Å². The zero-order valence-electron chi connectivity index (χ0n) is 18.6. The smallest absolute Gasteiger partial charge is 0.374 e. The highest BCUT2D eigenvalue weighted by Crippen LogP contribution is 2.49. The molecule has 0 saturated carbocycles. The van der Waals surface area contributed by atoms with Crippen molar-refractivity contribution in [2.75, 3.05) is 18.6 Å². The Labute approximate surface area is 217 Å². The molecule has 2 aromatic rings. The lowest BCUT2D eigenvalue weighted by Crippen LogP contribution is -2.42. The van der Waals surface area contributed by atoms with E-state index >= 15 is 0 Å². The van der Waals surface area contributed by atoms with Crippen molar-refractivity contribution < 1.29 is 36.0 Å². The highest BCUT2D eigenvalue weighted by molar-refractivity contribution is 9.10. The number of carbonyl (C=O) groups excluding carboxylic acids is 2. The van der Waals surface area contributed by atoms with Gasteiger partial charge in [0.25, 0.3) is 5.60 Å². The fourth-order valence-electron chi connectivity index (χ4n) is 3.43. The molecular weight excluding hydrogens is 593 g/mol. The van der Waals surface area contributed by atoms with Crippen molar-refractivity contribution in [2.45, 2.75) is 24.7 Å². The minimum Gasteiger partial charge on any atom is -0.374 e. The van der Waals surface area contributed by atoms with Crippen LogP contribution in [0, 0.1) is 0 Å². The van der Waals surface area contributed by atoms with Crippen LogP contribution in [0.4, 0.5) is 13.2 Å². The Morgan fingerprint density at radius 1 is 1.28 bits per heavy atom. The third-order valence-corrected chi connectivity index (χ3v) is 7.15. The van der Waals surface area contributed by atoms with Crippen LogP contribution in [-0.2, 0) is 36.4 Å². The number of rotatable bonds is 8. The maximum Gasteiger partial charge on any atom is 0.435 e. The lowest BCUT2D eigenvalue weighted by Gasteiger charge is -2.29. The summed E-state index contributed by atoms with van der Waals surface area (Å²) in [6.45, 7) is -0.783. The van der Waals surface area contributed by atoms with Crippen LogP contribution in [0.3, 0.4) is 0 Å². The monoisotopic (exact) mass is 610 g/mol. The standard InChI is InChI=1S/C21H19BrClF3N4O5S/c1-36(33,34)11-19(32)30(10-18(27)31)9-14-4-2-12(8-28-14)17-7-20(35-29-17,21(24,25)26)13-3-5-16(23)15(22)6-13/h2-6,8H,7,9-11H2,1H3,(H2,27,31). The molecule has 2 amide bonds. The summed E-state index contributed by atoms with van der Waals surface area (Å²) in [6, 6.07) is 6.58. The van der Waals surface area contributed by atoms with E-state index in [1.807, 2.05) is 0 Å². The van der Waals surface area contributed by atoms with Gasteiger partial charge >= 0.3 is 6.18 Å². The molecule has 2 heterocycles. The average molecular weight is 612 g/mol. The summed E-state index contributed by atoms with van der Waals surface area (Å²) in [6.07, 6.45) is -3.33. The van der Waals surface area contributed by atoms with Crippen molar-refractivity contribution in [2.24, 2.45) is 10.9 Å². The predicted octanol–water partition coefficient (Wildman–Crippen LogP) is 2.94. The summed E-state index contributed by atoms with van der Waals surface area (Å²) in [5, 5.41) is 3.90. The van der Waals surface area contributed by atoms with Crippen molar-refractivity contribution in [1.82, 2.24) is 9.88 Å². The minimum absolute atomic E-state index is 0.0143. The van der Waals surface area contributed by atoms with E-state index in [0.29, 0.717) is 0 Å². The summed E-state index contributed by atoms with van der Waals surface area (Å²) in [5.74, 6) is -2.53. The first-order chi connectivity index (χ1) is 16.6. The third kappa shape index (κ3) is 6.34. The first kappa shape index (κ1) is 27.9. The molecule has 0 radical (unpaired) electrons. The molecule has 1 unspecified atom stereocenters. The Kier molecular flexibility index (Phi) is 8.01. The summed E-state index contributed by atoms with van der Waals surface area (Å²) in [5.41, 5.74) is 2.69. The molecule has 1 aliphatic rings. The number of nitrogens with zero attached hydrogens (tertiary/aromatic N) is 3. The molecule has 1 atom stereocenters. The van der Waals surface area contributed by atoms with Crippen molar-refractivity contribution in [3.8, 4) is 0 Å². The van der Waals surface area contributed by atoms with Gasteiger partial charge in [-0.2, -0.15) is 13.2 Å². The van der Waals surface area contributed by atoms with Crippen LogP contribution in [0.1, 0.15) is 23.2 Å². The molecule has 36 heavy (non-hydrogen) atoms. The van der Waals surface area contributed by atoms with E-state index in [0.717, 1.165) is 11.2 Å². The van der Waals surface area contributed by atoms with Gasteiger partial charge in [-0.1, -0.05) is 22.8 Å². The lowest BCUT2D eigenvalue weighted by atomic mass is 9.87. The second kappa shape index (κ2) is 10.3. The highest BCUT2D eigenvalue weighted by atomic mass is 79.9. The van der Waals surface area contributed by atoms with Gasteiger partial charge in [0.1, 0.15) is 5.75 Å². The first-order valence-electron chi connectivity index (χ1n) is 10.1. The molecule has 15 heteroatoms. The van der Waals surface area contributed by atoms with Gasteiger partial charge in [-0.3, -0.25) is 14.6 Å². The molecule has 0 spiro atoms. The molecule has 1 aliphatic heterocycles. The number of primary amides is 1. The number of hydrogen-bond acceptors (Lipinski definition) is 7. The molecular formula is C21H19BrClF3N4O5S. The van der Waals surface area contributed by atoms with Gasteiger partial charge in [0, 0.05) is 28.1 Å².